The maximum Gasteiger partial charge on any atom is 0.347 e. The van der Waals surface area contributed by atoms with Gasteiger partial charge < -0.3 is 14.2 Å². The van der Waals surface area contributed by atoms with E-state index in [1.807, 2.05) is 0 Å². The molecule has 0 fully saturated rings. The van der Waals surface area contributed by atoms with Gasteiger partial charge in [0, 0.05) is 10.6 Å². The van der Waals surface area contributed by atoms with Crippen molar-refractivity contribution in [1.82, 2.24) is 5.32 Å². The van der Waals surface area contributed by atoms with Crippen molar-refractivity contribution in [2.45, 2.75) is 20.0 Å². The summed E-state index contributed by atoms with van der Waals surface area (Å²) < 4.78 is 15.4. The second-order valence-corrected chi connectivity index (χ2v) is 6.32. The molecule has 8 heteroatoms. The van der Waals surface area contributed by atoms with Crippen LogP contribution in [0.4, 0.5) is 0 Å². The molecule has 0 aromatic heterocycles. The Bertz CT molecular complexity index is 865. The summed E-state index contributed by atoms with van der Waals surface area (Å²) in [5.74, 6) is -1.02. The van der Waals surface area contributed by atoms with Crippen LogP contribution in [0.15, 0.2) is 42.5 Å². The van der Waals surface area contributed by atoms with E-state index in [-0.39, 0.29) is 5.56 Å². The van der Waals surface area contributed by atoms with Gasteiger partial charge in [-0.15, -0.1) is 0 Å². The van der Waals surface area contributed by atoms with Crippen LogP contribution in [0.2, 0.25) is 5.02 Å². The van der Waals surface area contributed by atoms with E-state index >= 15 is 0 Å². The SMILES string of the molecule is COc1ccc(C(=O)NC(=O)COC(=O)C(C)Oc2ccc(Cl)cc2C)cc1. The lowest BCUT2D eigenvalue weighted by molar-refractivity contribution is -0.154. The number of hydrogen-bond donors (Lipinski definition) is 1. The first-order chi connectivity index (χ1) is 13.3. The highest BCUT2D eigenvalue weighted by Crippen LogP contribution is 2.23. The highest BCUT2D eigenvalue weighted by Gasteiger charge is 2.19. The van der Waals surface area contributed by atoms with Crippen molar-refractivity contribution >= 4 is 29.4 Å². The van der Waals surface area contributed by atoms with Crippen molar-refractivity contribution < 1.29 is 28.6 Å². The quantitative estimate of drug-likeness (QED) is 0.712. The summed E-state index contributed by atoms with van der Waals surface area (Å²) in [6.45, 7) is 2.68. The van der Waals surface area contributed by atoms with Gasteiger partial charge in [0.1, 0.15) is 11.5 Å². The zero-order chi connectivity index (χ0) is 20.7. The number of aryl methyl sites for hydroxylation is 1. The second-order valence-electron chi connectivity index (χ2n) is 5.88. The van der Waals surface area contributed by atoms with E-state index in [0.717, 1.165) is 5.56 Å². The van der Waals surface area contributed by atoms with Gasteiger partial charge in [-0.2, -0.15) is 0 Å². The lowest BCUT2D eigenvalue weighted by Crippen LogP contribution is -2.36. The molecule has 28 heavy (non-hydrogen) atoms. The third-order valence-electron chi connectivity index (χ3n) is 3.72. The molecule has 0 aliphatic rings. The summed E-state index contributed by atoms with van der Waals surface area (Å²) in [5, 5.41) is 2.70. The summed E-state index contributed by atoms with van der Waals surface area (Å²) in [5.41, 5.74) is 1.03. The van der Waals surface area contributed by atoms with Gasteiger partial charge in [0.15, 0.2) is 12.7 Å². The van der Waals surface area contributed by atoms with Gasteiger partial charge in [-0.3, -0.25) is 14.9 Å². The predicted octanol–water partition coefficient (Wildman–Crippen LogP) is 2.92. The van der Waals surface area contributed by atoms with Crippen LogP contribution in [0.5, 0.6) is 11.5 Å². The van der Waals surface area contributed by atoms with Gasteiger partial charge in [0.05, 0.1) is 7.11 Å². The molecule has 0 spiro atoms. The summed E-state index contributed by atoms with van der Waals surface area (Å²) in [7, 11) is 1.51. The average Bonchev–Trinajstić information content (AvgIpc) is 2.68. The number of halogens is 1. The molecule has 7 nitrogen and oxygen atoms in total. The fourth-order valence-electron chi connectivity index (χ4n) is 2.21. The fourth-order valence-corrected chi connectivity index (χ4v) is 2.44. The minimum absolute atomic E-state index is 0.274. The molecule has 0 radical (unpaired) electrons. The molecule has 148 valence electrons. The number of rotatable bonds is 7. The van der Waals surface area contributed by atoms with Crippen LogP contribution in [-0.2, 0) is 14.3 Å². The maximum absolute atomic E-state index is 12.0. The Labute approximate surface area is 167 Å². The van der Waals surface area contributed by atoms with E-state index in [2.05, 4.69) is 5.32 Å². The lowest BCUT2D eigenvalue weighted by atomic mass is 10.2. The number of benzene rings is 2. The Kier molecular flexibility index (Phi) is 7.40. The molecule has 0 aliphatic carbocycles. The van der Waals surface area contributed by atoms with E-state index in [0.29, 0.717) is 16.5 Å². The third kappa shape index (κ3) is 5.99. The van der Waals surface area contributed by atoms with E-state index in [1.165, 1.54) is 26.2 Å². The van der Waals surface area contributed by atoms with Gasteiger partial charge in [-0.25, -0.2) is 4.79 Å². The van der Waals surface area contributed by atoms with Gasteiger partial charge in [-0.1, -0.05) is 11.6 Å². The molecule has 0 saturated carbocycles. The Morgan fingerprint density at radius 1 is 1.11 bits per heavy atom. The Morgan fingerprint density at radius 3 is 2.39 bits per heavy atom. The van der Waals surface area contributed by atoms with Crippen molar-refractivity contribution in [3.05, 3.63) is 58.6 Å². The van der Waals surface area contributed by atoms with Crippen molar-refractivity contribution in [2.24, 2.45) is 0 Å². The minimum atomic E-state index is -0.940. The zero-order valence-corrected chi connectivity index (χ0v) is 16.4. The monoisotopic (exact) mass is 405 g/mol. The van der Waals surface area contributed by atoms with Crippen molar-refractivity contribution in [3.63, 3.8) is 0 Å². The van der Waals surface area contributed by atoms with Crippen LogP contribution < -0.4 is 14.8 Å². The Balaban J connectivity index is 1.82. The van der Waals surface area contributed by atoms with E-state index in [4.69, 9.17) is 25.8 Å². The third-order valence-corrected chi connectivity index (χ3v) is 3.96. The summed E-state index contributed by atoms with van der Waals surface area (Å²) in [6, 6.07) is 11.2. The molecular formula is C20H20ClNO6. The van der Waals surface area contributed by atoms with Crippen LogP contribution in [0.1, 0.15) is 22.8 Å². The number of carbonyl (C=O) groups is 3. The van der Waals surface area contributed by atoms with Crippen LogP contribution in [-0.4, -0.2) is 37.6 Å². The maximum atomic E-state index is 12.0. The van der Waals surface area contributed by atoms with Gasteiger partial charge in [0.25, 0.3) is 11.8 Å². The molecule has 2 rings (SSSR count). The van der Waals surface area contributed by atoms with Crippen LogP contribution >= 0.6 is 11.6 Å². The summed E-state index contributed by atoms with van der Waals surface area (Å²) in [4.78, 5) is 35.8. The minimum Gasteiger partial charge on any atom is -0.497 e. The number of amides is 2. The molecule has 0 heterocycles. The molecule has 1 atom stereocenters. The molecule has 0 saturated heterocycles. The first kappa shape index (κ1) is 21.2. The fraction of sp³-hybridized carbons (Fsp3) is 0.250. The number of esters is 1. The number of hydrogen-bond acceptors (Lipinski definition) is 6. The molecule has 2 amide bonds. The normalized spacial score (nSPS) is 11.3. The van der Waals surface area contributed by atoms with Gasteiger partial charge >= 0.3 is 5.97 Å². The van der Waals surface area contributed by atoms with Gasteiger partial charge in [0.2, 0.25) is 0 Å². The number of carbonyl (C=O) groups excluding carboxylic acids is 3. The average molecular weight is 406 g/mol. The molecule has 0 bridgehead atoms. The van der Waals surface area contributed by atoms with Crippen molar-refractivity contribution in [1.29, 1.82) is 0 Å². The van der Waals surface area contributed by atoms with Crippen LogP contribution in [0, 0.1) is 6.92 Å². The molecule has 2 aromatic carbocycles. The molecule has 0 aliphatic heterocycles. The number of methoxy groups -OCH3 is 1. The Morgan fingerprint density at radius 2 is 1.79 bits per heavy atom. The number of ether oxygens (including phenoxy) is 3. The molecule has 2 aromatic rings. The van der Waals surface area contributed by atoms with E-state index < -0.39 is 30.5 Å². The first-order valence-corrected chi connectivity index (χ1v) is 8.75. The highest BCUT2D eigenvalue weighted by atomic mass is 35.5. The standard InChI is InChI=1S/C20H20ClNO6/c1-12-10-15(21)6-9-17(12)28-13(2)20(25)27-11-18(23)22-19(24)14-4-7-16(26-3)8-5-14/h4-10,13H,11H2,1-3H3,(H,22,23,24). The lowest BCUT2D eigenvalue weighted by Gasteiger charge is -2.15. The van der Waals surface area contributed by atoms with Crippen molar-refractivity contribution in [3.8, 4) is 11.5 Å². The molecular weight excluding hydrogens is 386 g/mol. The van der Waals surface area contributed by atoms with E-state index in [1.54, 1.807) is 37.3 Å². The second kappa shape index (κ2) is 9.75. The number of nitrogens with one attached hydrogen (secondary N) is 1. The summed E-state index contributed by atoms with van der Waals surface area (Å²) >= 11 is 5.88. The Hall–Kier alpha value is -3.06. The predicted molar refractivity (Wildman–Crippen MR) is 103 cm³/mol. The smallest absolute Gasteiger partial charge is 0.347 e. The first-order valence-electron chi connectivity index (χ1n) is 8.38. The van der Waals surface area contributed by atoms with Crippen molar-refractivity contribution in [2.75, 3.05) is 13.7 Å². The van der Waals surface area contributed by atoms with Crippen LogP contribution in [0.25, 0.3) is 0 Å². The topological polar surface area (TPSA) is 90.9 Å². The van der Waals surface area contributed by atoms with Gasteiger partial charge in [-0.05, 0) is 61.9 Å². The molecule has 1 unspecified atom stereocenters. The highest BCUT2D eigenvalue weighted by molar-refractivity contribution is 6.30. The largest absolute Gasteiger partial charge is 0.497 e. The zero-order valence-electron chi connectivity index (χ0n) is 15.7. The molecule has 1 N–H and O–H groups in total. The van der Waals surface area contributed by atoms with Crippen LogP contribution in [0.3, 0.4) is 0 Å². The summed E-state index contributed by atoms with van der Waals surface area (Å²) in [6.07, 6.45) is -0.940. The van der Waals surface area contributed by atoms with E-state index in [9.17, 15) is 14.4 Å². The number of imide groups is 1.